The van der Waals surface area contributed by atoms with Crippen LogP contribution in [0.3, 0.4) is 0 Å². The van der Waals surface area contributed by atoms with Gasteiger partial charge in [0.25, 0.3) is 0 Å². The number of hydrogen-bond acceptors (Lipinski definition) is 3. The van der Waals surface area contributed by atoms with E-state index in [4.69, 9.17) is 4.74 Å². The quantitative estimate of drug-likeness (QED) is 0.788. The summed E-state index contributed by atoms with van der Waals surface area (Å²) in [6.45, 7) is 6.81. The van der Waals surface area contributed by atoms with E-state index in [0.717, 1.165) is 19.7 Å². The molecule has 1 heterocycles. The lowest BCUT2D eigenvalue weighted by atomic mass is 9.98. The van der Waals surface area contributed by atoms with Crippen molar-refractivity contribution in [3.8, 4) is 0 Å². The van der Waals surface area contributed by atoms with Gasteiger partial charge in [-0.3, -0.25) is 4.90 Å². The first-order valence-corrected chi connectivity index (χ1v) is 7.00. The molecule has 0 amide bonds. The Bertz CT molecular complexity index is 173. The Balaban J connectivity index is 1.55. The van der Waals surface area contributed by atoms with Crippen molar-refractivity contribution in [1.29, 1.82) is 0 Å². The van der Waals surface area contributed by atoms with Crippen LogP contribution in [0.5, 0.6) is 0 Å². The van der Waals surface area contributed by atoms with Crippen LogP contribution in [-0.2, 0) is 4.74 Å². The summed E-state index contributed by atoms with van der Waals surface area (Å²) >= 11 is 0. The van der Waals surface area contributed by atoms with Gasteiger partial charge in [-0.15, -0.1) is 0 Å². The van der Waals surface area contributed by atoms with Gasteiger partial charge in [-0.1, -0.05) is 19.3 Å². The van der Waals surface area contributed by atoms with Crippen LogP contribution < -0.4 is 5.32 Å². The van der Waals surface area contributed by atoms with Crippen LogP contribution in [0.4, 0.5) is 0 Å². The molecule has 2 aliphatic rings. The van der Waals surface area contributed by atoms with Gasteiger partial charge in [-0.2, -0.15) is 0 Å². The summed E-state index contributed by atoms with van der Waals surface area (Å²) in [5.41, 5.74) is 0. The fraction of sp³-hybridized carbons (Fsp3) is 1.00. The molecule has 0 aromatic heterocycles. The summed E-state index contributed by atoms with van der Waals surface area (Å²) in [6, 6.07) is 0. The van der Waals surface area contributed by atoms with Gasteiger partial charge in [0.05, 0.1) is 12.7 Å². The third-order valence-corrected chi connectivity index (χ3v) is 3.75. The maximum atomic E-state index is 5.96. The van der Waals surface area contributed by atoms with Crippen LogP contribution in [-0.4, -0.2) is 50.3 Å². The summed E-state index contributed by atoms with van der Waals surface area (Å²) in [5, 5.41) is 3.43. The standard InChI is InChI=1S/C13H26N2O/c1-2-5-13(6-3-1)16-12-11-15-9-4-7-14-8-10-15/h13-14H,1-12H2. The lowest BCUT2D eigenvalue weighted by Crippen LogP contribution is -2.32. The molecule has 0 aromatic carbocycles. The predicted molar refractivity (Wildman–Crippen MR) is 66.8 cm³/mol. The molecule has 0 spiro atoms. The highest BCUT2D eigenvalue weighted by atomic mass is 16.5. The Morgan fingerprint density at radius 3 is 2.75 bits per heavy atom. The minimum absolute atomic E-state index is 0.568. The Labute approximate surface area is 99.5 Å². The second kappa shape index (κ2) is 7.25. The van der Waals surface area contributed by atoms with E-state index in [1.165, 1.54) is 58.2 Å². The number of nitrogens with one attached hydrogen (secondary N) is 1. The summed E-state index contributed by atoms with van der Waals surface area (Å²) in [6.07, 6.45) is 8.60. The van der Waals surface area contributed by atoms with Gasteiger partial charge < -0.3 is 10.1 Å². The molecule has 2 fully saturated rings. The molecule has 2 rings (SSSR count). The Hall–Kier alpha value is -0.120. The lowest BCUT2D eigenvalue weighted by Gasteiger charge is -2.24. The van der Waals surface area contributed by atoms with E-state index < -0.39 is 0 Å². The smallest absolute Gasteiger partial charge is 0.0597 e. The molecule has 3 heteroatoms. The molecule has 1 saturated heterocycles. The van der Waals surface area contributed by atoms with Crippen molar-refractivity contribution in [2.75, 3.05) is 39.3 Å². The SMILES string of the molecule is C1CCC(OCCN2CCCNCC2)CC1. The summed E-state index contributed by atoms with van der Waals surface area (Å²) in [5.74, 6) is 0. The number of hydrogen-bond donors (Lipinski definition) is 1. The van der Waals surface area contributed by atoms with Gasteiger partial charge in [0.1, 0.15) is 0 Å². The van der Waals surface area contributed by atoms with Gasteiger partial charge >= 0.3 is 0 Å². The van der Waals surface area contributed by atoms with Crippen LogP contribution in [0.25, 0.3) is 0 Å². The zero-order valence-corrected chi connectivity index (χ0v) is 10.4. The van der Waals surface area contributed by atoms with Crippen LogP contribution >= 0.6 is 0 Å². The molecule has 0 aromatic rings. The molecule has 1 N–H and O–H groups in total. The van der Waals surface area contributed by atoms with E-state index in [1.807, 2.05) is 0 Å². The largest absolute Gasteiger partial charge is 0.377 e. The molecule has 1 aliphatic heterocycles. The zero-order chi connectivity index (χ0) is 11.1. The molecule has 0 unspecified atom stereocenters. The summed E-state index contributed by atoms with van der Waals surface area (Å²) in [4.78, 5) is 2.53. The van der Waals surface area contributed by atoms with Crippen LogP contribution in [0.2, 0.25) is 0 Å². The fourth-order valence-electron chi connectivity index (χ4n) is 2.71. The maximum Gasteiger partial charge on any atom is 0.0597 e. The van der Waals surface area contributed by atoms with E-state index in [-0.39, 0.29) is 0 Å². The van der Waals surface area contributed by atoms with Gasteiger partial charge in [0.15, 0.2) is 0 Å². The highest BCUT2D eigenvalue weighted by molar-refractivity contribution is 4.68. The van der Waals surface area contributed by atoms with Crippen LogP contribution in [0.15, 0.2) is 0 Å². The van der Waals surface area contributed by atoms with Gasteiger partial charge in [-0.25, -0.2) is 0 Å². The normalized spacial score (nSPS) is 25.5. The molecule has 1 aliphatic carbocycles. The van der Waals surface area contributed by atoms with E-state index in [9.17, 15) is 0 Å². The Morgan fingerprint density at radius 1 is 1.00 bits per heavy atom. The van der Waals surface area contributed by atoms with E-state index >= 15 is 0 Å². The van der Waals surface area contributed by atoms with Crippen LogP contribution in [0, 0.1) is 0 Å². The van der Waals surface area contributed by atoms with Crippen molar-refractivity contribution in [1.82, 2.24) is 10.2 Å². The van der Waals surface area contributed by atoms with Gasteiger partial charge in [0.2, 0.25) is 0 Å². The maximum absolute atomic E-state index is 5.96. The number of ether oxygens (including phenoxy) is 1. The summed E-state index contributed by atoms with van der Waals surface area (Å²) in [7, 11) is 0. The van der Waals surface area contributed by atoms with E-state index in [2.05, 4.69) is 10.2 Å². The number of nitrogens with zero attached hydrogens (tertiary/aromatic N) is 1. The lowest BCUT2D eigenvalue weighted by molar-refractivity contribution is 0.0169. The molecule has 0 radical (unpaired) electrons. The monoisotopic (exact) mass is 226 g/mol. The molecular formula is C13H26N2O. The van der Waals surface area contributed by atoms with Crippen molar-refractivity contribution >= 4 is 0 Å². The number of rotatable bonds is 4. The Morgan fingerprint density at radius 2 is 1.88 bits per heavy atom. The van der Waals surface area contributed by atoms with Gasteiger partial charge in [-0.05, 0) is 32.4 Å². The van der Waals surface area contributed by atoms with Gasteiger partial charge in [0, 0.05) is 19.6 Å². The predicted octanol–water partition coefficient (Wildman–Crippen LogP) is 1.63. The van der Waals surface area contributed by atoms with Crippen molar-refractivity contribution < 1.29 is 4.74 Å². The third-order valence-electron chi connectivity index (χ3n) is 3.75. The highest BCUT2D eigenvalue weighted by Gasteiger charge is 2.14. The second-order valence-electron chi connectivity index (χ2n) is 5.08. The second-order valence-corrected chi connectivity index (χ2v) is 5.08. The average Bonchev–Trinajstić information content (AvgIpc) is 2.59. The van der Waals surface area contributed by atoms with E-state index in [1.54, 1.807) is 0 Å². The van der Waals surface area contributed by atoms with Crippen molar-refractivity contribution in [2.24, 2.45) is 0 Å². The first kappa shape index (κ1) is 12.3. The summed E-state index contributed by atoms with van der Waals surface area (Å²) < 4.78 is 5.96. The highest BCUT2D eigenvalue weighted by Crippen LogP contribution is 2.20. The molecule has 94 valence electrons. The Kier molecular flexibility index (Phi) is 5.59. The molecule has 0 atom stereocenters. The fourth-order valence-corrected chi connectivity index (χ4v) is 2.71. The topological polar surface area (TPSA) is 24.5 Å². The van der Waals surface area contributed by atoms with E-state index in [0.29, 0.717) is 6.10 Å². The van der Waals surface area contributed by atoms with Crippen LogP contribution in [0.1, 0.15) is 38.5 Å². The molecular weight excluding hydrogens is 200 g/mol. The van der Waals surface area contributed by atoms with Crippen molar-refractivity contribution in [2.45, 2.75) is 44.6 Å². The zero-order valence-electron chi connectivity index (χ0n) is 10.4. The first-order chi connectivity index (χ1) is 7.95. The molecule has 0 bridgehead atoms. The molecule has 1 saturated carbocycles. The minimum atomic E-state index is 0.568. The first-order valence-electron chi connectivity index (χ1n) is 7.00. The van der Waals surface area contributed by atoms with Crippen molar-refractivity contribution in [3.63, 3.8) is 0 Å². The minimum Gasteiger partial charge on any atom is -0.377 e. The third kappa shape index (κ3) is 4.40. The molecule has 3 nitrogen and oxygen atoms in total. The van der Waals surface area contributed by atoms with Crippen molar-refractivity contribution in [3.05, 3.63) is 0 Å². The average molecular weight is 226 g/mol. The molecule has 16 heavy (non-hydrogen) atoms.